The minimum atomic E-state index is -2.94. The first kappa shape index (κ1) is 24.0. The molecule has 0 radical (unpaired) electrons. The topological polar surface area (TPSA) is 34.1 Å². The average Bonchev–Trinajstić information content (AvgIpc) is 2.70. The standard InChI is InChI=1S/C24H40O2SSe/c1-2-3-4-5-6-7-8-9-10-16-21-27(25,26)23-19-14-15-20-24(23)28-22-17-12-11-13-18-22/h11-13,17-18,23-24H,2-10,14-16,19-21H2,1H3. The van der Waals surface area contributed by atoms with Crippen molar-refractivity contribution in [1.29, 1.82) is 0 Å². The molecule has 1 aromatic carbocycles. The van der Waals surface area contributed by atoms with E-state index in [-0.39, 0.29) is 20.2 Å². The van der Waals surface area contributed by atoms with E-state index in [0.29, 0.717) is 10.6 Å². The van der Waals surface area contributed by atoms with Crippen molar-refractivity contribution in [2.24, 2.45) is 0 Å². The number of hydrogen-bond donors (Lipinski definition) is 0. The number of benzene rings is 1. The van der Waals surface area contributed by atoms with E-state index in [1.165, 1.54) is 62.2 Å². The van der Waals surface area contributed by atoms with Gasteiger partial charge in [-0.25, -0.2) is 0 Å². The first-order valence-corrected chi connectivity index (χ1v) is 15.1. The van der Waals surface area contributed by atoms with Crippen molar-refractivity contribution in [3.05, 3.63) is 30.3 Å². The van der Waals surface area contributed by atoms with E-state index in [1.807, 2.05) is 6.07 Å². The maximum absolute atomic E-state index is 13.0. The van der Waals surface area contributed by atoms with Crippen molar-refractivity contribution in [1.82, 2.24) is 0 Å². The monoisotopic (exact) mass is 472 g/mol. The minimum absolute atomic E-state index is 0.0833. The fourth-order valence-electron chi connectivity index (χ4n) is 4.22. The Kier molecular flexibility index (Phi) is 11.8. The summed E-state index contributed by atoms with van der Waals surface area (Å²) in [5.41, 5.74) is 0. The predicted octanol–water partition coefficient (Wildman–Crippen LogP) is 6.08. The van der Waals surface area contributed by atoms with Crippen LogP contribution in [0.5, 0.6) is 0 Å². The van der Waals surface area contributed by atoms with Crippen LogP contribution in [0.1, 0.15) is 96.8 Å². The summed E-state index contributed by atoms with van der Waals surface area (Å²) in [6.45, 7) is 2.26. The normalized spacial score (nSPS) is 20.3. The van der Waals surface area contributed by atoms with Gasteiger partial charge >= 0.3 is 161 Å². The molecule has 160 valence electrons. The van der Waals surface area contributed by atoms with E-state index in [2.05, 4.69) is 31.2 Å². The van der Waals surface area contributed by atoms with Crippen LogP contribution in [0.3, 0.4) is 0 Å². The van der Waals surface area contributed by atoms with Gasteiger partial charge in [-0.15, -0.1) is 0 Å². The van der Waals surface area contributed by atoms with Gasteiger partial charge in [0.25, 0.3) is 0 Å². The zero-order valence-electron chi connectivity index (χ0n) is 17.8. The third-order valence-electron chi connectivity index (χ3n) is 5.92. The fourth-order valence-corrected chi connectivity index (χ4v) is 10.2. The van der Waals surface area contributed by atoms with Gasteiger partial charge in [0.05, 0.1) is 0 Å². The number of sulfone groups is 1. The van der Waals surface area contributed by atoms with Gasteiger partial charge in [0, 0.05) is 0 Å². The first-order chi connectivity index (χ1) is 13.6. The molecule has 0 N–H and O–H groups in total. The zero-order chi connectivity index (χ0) is 20.1. The van der Waals surface area contributed by atoms with Gasteiger partial charge < -0.3 is 0 Å². The molecule has 2 atom stereocenters. The molecule has 2 rings (SSSR count). The fraction of sp³-hybridized carbons (Fsp3) is 0.750. The van der Waals surface area contributed by atoms with Gasteiger partial charge in [-0.05, 0) is 0 Å². The first-order valence-electron chi connectivity index (χ1n) is 11.6. The number of hydrogen-bond acceptors (Lipinski definition) is 2. The van der Waals surface area contributed by atoms with Gasteiger partial charge in [-0.1, -0.05) is 19.8 Å². The molecule has 1 aliphatic rings. The summed E-state index contributed by atoms with van der Waals surface area (Å²) in [7, 11) is -2.94. The van der Waals surface area contributed by atoms with Crippen molar-refractivity contribution >= 4 is 29.3 Å². The second-order valence-electron chi connectivity index (χ2n) is 8.34. The SMILES string of the molecule is CCCCCCCCCCCCS(=O)(=O)C1CCCCC1[Se]c1ccccc1. The summed E-state index contributed by atoms with van der Waals surface area (Å²) >= 11 is 0.275. The van der Waals surface area contributed by atoms with E-state index in [0.717, 1.165) is 32.1 Å². The molecule has 1 saturated carbocycles. The van der Waals surface area contributed by atoms with Gasteiger partial charge in [0.2, 0.25) is 0 Å². The van der Waals surface area contributed by atoms with E-state index in [1.54, 1.807) is 0 Å². The van der Waals surface area contributed by atoms with E-state index in [9.17, 15) is 8.42 Å². The molecule has 1 aliphatic carbocycles. The van der Waals surface area contributed by atoms with Crippen molar-refractivity contribution in [3.63, 3.8) is 0 Å². The van der Waals surface area contributed by atoms with Crippen LogP contribution in [0, 0.1) is 0 Å². The van der Waals surface area contributed by atoms with Crippen molar-refractivity contribution in [2.75, 3.05) is 5.75 Å². The Morgan fingerprint density at radius 2 is 1.39 bits per heavy atom. The maximum atomic E-state index is 13.0. The van der Waals surface area contributed by atoms with Crippen LogP contribution < -0.4 is 4.46 Å². The van der Waals surface area contributed by atoms with Crippen LogP contribution in [0.4, 0.5) is 0 Å². The molecule has 0 heterocycles. The Morgan fingerprint density at radius 1 is 0.821 bits per heavy atom. The summed E-state index contributed by atoms with van der Waals surface area (Å²) in [5.74, 6) is 0.412. The van der Waals surface area contributed by atoms with Gasteiger partial charge in [-0.2, -0.15) is 0 Å². The molecular formula is C24H40O2SSe. The van der Waals surface area contributed by atoms with E-state index in [4.69, 9.17) is 0 Å². The van der Waals surface area contributed by atoms with Crippen molar-refractivity contribution < 1.29 is 8.42 Å². The van der Waals surface area contributed by atoms with Crippen LogP contribution in [-0.4, -0.2) is 34.4 Å². The van der Waals surface area contributed by atoms with Crippen molar-refractivity contribution in [2.45, 2.75) is 107 Å². The second-order valence-corrected chi connectivity index (χ2v) is 13.4. The summed E-state index contributed by atoms with van der Waals surface area (Å²) in [5, 5.41) is -0.0833. The third-order valence-corrected chi connectivity index (χ3v) is 11.6. The molecule has 2 unspecified atom stereocenters. The molecular weight excluding hydrogens is 431 g/mol. The molecule has 2 nitrogen and oxygen atoms in total. The molecule has 4 heteroatoms. The number of rotatable bonds is 14. The van der Waals surface area contributed by atoms with Crippen LogP contribution in [0.15, 0.2) is 30.3 Å². The molecule has 0 aromatic heterocycles. The van der Waals surface area contributed by atoms with E-state index < -0.39 is 9.84 Å². The Bertz CT molecular complexity index is 615. The summed E-state index contributed by atoms with van der Waals surface area (Å²) < 4.78 is 27.4. The molecule has 28 heavy (non-hydrogen) atoms. The van der Waals surface area contributed by atoms with Crippen LogP contribution in [0.2, 0.25) is 4.82 Å². The number of unbranched alkanes of at least 4 members (excludes halogenated alkanes) is 9. The average molecular weight is 472 g/mol. The molecule has 0 spiro atoms. The summed E-state index contributed by atoms with van der Waals surface area (Å²) in [6, 6.07) is 10.5. The van der Waals surface area contributed by atoms with Gasteiger partial charge in [0.1, 0.15) is 0 Å². The Balaban J connectivity index is 1.68. The van der Waals surface area contributed by atoms with Gasteiger partial charge in [-0.3, -0.25) is 0 Å². The quantitative estimate of drug-likeness (QED) is 0.243. The summed E-state index contributed by atoms with van der Waals surface area (Å²) in [6.07, 6.45) is 16.8. The molecule has 1 aromatic rings. The second kappa shape index (κ2) is 13.8. The van der Waals surface area contributed by atoms with Crippen LogP contribution in [0.25, 0.3) is 0 Å². The zero-order valence-corrected chi connectivity index (χ0v) is 20.3. The Hall–Kier alpha value is -0.311. The predicted molar refractivity (Wildman–Crippen MR) is 123 cm³/mol. The molecule has 0 bridgehead atoms. The van der Waals surface area contributed by atoms with E-state index >= 15 is 0 Å². The van der Waals surface area contributed by atoms with Gasteiger partial charge in [0.15, 0.2) is 0 Å². The van der Waals surface area contributed by atoms with Crippen LogP contribution >= 0.6 is 0 Å². The third kappa shape index (κ3) is 9.01. The molecule has 0 saturated heterocycles. The Morgan fingerprint density at radius 3 is 2.04 bits per heavy atom. The van der Waals surface area contributed by atoms with Crippen molar-refractivity contribution in [3.8, 4) is 0 Å². The Labute approximate surface area is 180 Å². The summed E-state index contributed by atoms with van der Waals surface area (Å²) in [4.78, 5) is 0.372. The molecule has 1 fully saturated rings. The molecule has 0 aliphatic heterocycles. The molecule has 0 amide bonds. The van der Waals surface area contributed by atoms with Crippen LogP contribution in [-0.2, 0) is 9.84 Å².